The first-order valence-electron chi connectivity index (χ1n) is 4.19. The number of carboxylic acids is 1. The third kappa shape index (κ3) is 2.62. The maximum Gasteiger partial charge on any atom is 0.332 e. The van der Waals surface area contributed by atoms with Gasteiger partial charge in [-0.05, 0) is 6.42 Å². The molecule has 2 atom stereocenters. The second-order valence-electron chi connectivity index (χ2n) is 3.23. The standard InChI is InChI=1S/C8H12F2O3/c1-2-6(7(11)12)13-4-5-3-8(5,9)10/h5-6H,2-4H2,1H3,(H,11,12). The quantitative estimate of drug-likeness (QED) is 0.721. The van der Waals surface area contributed by atoms with Crippen LogP contribution in [0.2, 0.25) is 0 Å². The molecule has 0 aromatic heterocycles. The molecule has 0 bridgehead atoms. The van der Waals surface area contributed by atoms with Gasteiger partial charge < -0.3 is 9.84 Å². The van der Waals surface area contributed by atoms with Gasteiger partial charge >= 0.3 is 5.97 Å². The molecule has 0 aromatic carbocycles. The third-order valence-corrected chi connectivity index (χ3v) is 2.10. The SMILES string of the molecule is CCC(OCC1CC1(F)F)C(=O)O. The minimum absolute atomic E-state index is 0.155. The van der Waals surface area contributed by atoms with E-state index in [1.807, 2.05) is 0 Å². The van der Waals surface area contributed by atoms with Crippen molar-refractivity contribution in [3.63, 3.8) is 0 Å². The van der Waals surface area contributed by atoms with Crippen LogP contribution in [-0.2, 0) is 9.53 Å². The van der Waals surface area contributed by atoms with Crippen LogP contribution in [0, 0.1) is 5.92 Å². The van der Waals surface area contributed by atoms with Crippen molar-refractivity contribution in [2.75, 3.05) is 6.61 Å². The summed E-state index contributed by atoms with van der Waals surface area (Å²) in [5, 5.41) is 8.52. The molecule has 0 aliphatic heterocycles. The van der Waals surface area contributed by atoms with Gasteiger partial charge in [-0.3, -0.25) is 0 Å². The summed E-state index contributed by atoms with van der Waals surface area (Å²) in [4.78, 5) is 10.4. The van der Waals surface area contributed by atoms with Crippen molar-refractivity contribution >= 4 is 5.97 Å². The van der Waals surface area contributed by atoms with Gasteiger partial charge in [-0.15, -0.1) is 0 Å². The van der Waals surface area contributed by atoms with Gasteiger partial charge in [-0.1, -0.05) is 6.92 Å². The molecule has 1 aliphatic carbocycles. The number of carboxylic acid groups (broad SMARTS) is 1. The average molecular weight is 194 g/mol. The summed E-state index contributed by atoms with van der Waals surface area (Å²) in [7, 11) is 0. The predicted molar refractivity (Wildman–Crippen MR) is 40.7 cm³/mol. The highest BCUT2D eigenvalue weighted by molar-refractivity contribution is 5.72. The van der Waals surface area contributed by atoms with Crippen LogP contribution >= 0.6 is 0 Å². The summed E-state index contributed by atoms with van der Waals surface area (Å²) in [5.74, 6) is -4.50. The maximum atomic E-state index is 12.3. The molecule has 76 valence electrons. The fraction of sp³-hybridized carbons (Fsp3) is 0.875. The highest BCUT2D eigenvalue weighted by atomic mass is 19.3. The predicted octanol–water partition coefficient (Wildman–Crippen LogP) is 1.52. The second kappa shape index (κ2) is 3.57. The number of alkyl halides is 2. The molecule has 1 aliphatic rings. The number of hydrogen-bond acceptors (Lipinski definition) is 2. The first-order chi connectivity index (χ1) is 5.97. The molecule has 5 heteroatoms. The van der Waals surface area contributed by atoms with Gasteiger partial charge in [0, 0.05) is 6.42 Å². The maximum absolute atomic E-state index is 12.3. The van der Waals surface area contributed by atoms with Gasteiger partial charge in [0.1, 0.15) is 0 Å². The first kappa shape index (κ1) is 10.4. The summed E-state index contributed by atoms with van der Waals surface area (Å²) in [6.07, 6.45) is -0.826. The molecule has 1 rings (SSSR count). The Kier molecular flexibility index (Phi) is 2.85. The number of aliphatic carboxylic acids is 1. The highest BCUT2D eigenvalue weighted by Gasteiger charge is 2.57. The fourth-order valence-electron chi connectivity index (χ4n) is 1.05. The molecule has 13 heavy (non-hydrogen) atoms. The Morgan fingerprint density at radius 1 is 1.77 bits per heavy atom. The summed E-state index contributed by atoms with van der Waals surface area (Å²) in [5.41, 5.74) is 0. The Bertz CT molecular complexity index is 206. The smallest absolute Gasteiger partial charge is 0.332 e. The van der Waals surface area contributed by atoms with E-state index in [0.29, 0.717) is 6.42 Å². The topological polar surface area (TPSA) is 46.5 Å². The molecule has 0 spiro atoms. The van der Waals surface area contributed by atoms with Crippen molar-refractivity contribution < 1.29 is 23.4 Å². The Morgan fingerprint density at radius 3 is 2.62 bits per heavy atom. The van der Waals surface area contributed by atoms with Crippen molar-refractivity contribution in [3.8, 4) is 0 Å². The molecule has 3 nitrogen and oxygen atoms in total. The van der Waals surface area contributed by atoms with E-state index < -0.39 is 23.9 Å². The van der Waals surface area contributed by atoms with Crippen LogP contribution in [0.3, 0.4) is 0 Å². The Labute approximate surface area is 74.7 Å². The molecule has 0 aromatic rings. The number of halogens is 2. The number of hydrogen-bond donors (Lipinski definition) is 1. The molecular weight excluding hydrogens is 182 g/mol. The largest absolute Gasteiger partial charge is 0.479 e. The van der Waals surface area contributed by atoms with Crippen molar-refractivity contribution in [2.45, 2.75) is 31.8 Å². The van der Waals surface area contributed by atoms with Crippen molar-refractivity contribution in [3.05, 3.63) is 0 Å². The molecule has 1 fully saturated rings. The fourth-order valence-corrected chi connectivity index (χ4v) is 1.05. The second-order valence-corrected chi connectivity index (χ2v) is 3.23. The van der Waals surface area contributed by atoms with E-state index in [0.717, 1.165) is 0 Å². The van der Waals surface area contributed by atoms with Crippen LogP contribution in [0.1, 0.15) is 19.8 Å². The Hall–Kier alpha value is -0.710. The van der Waals surface area contributed by atoms with E-state index in [2.05, 4.69) is 0 Å². The molecule has 0 amide bonds. The summed E-state index contributed by atoms with van der Waals surface area (Å²) >= 11 is 0. The van der Waals surface area contributed by atoms with E-state index in [1.54, 1.807) is 6.92 Å². The van der Waals surface area contributed by atoms with E-state index >= 15 is 0 Å². The van der Waals surface area contributed by atoms with Crippen molar-refractivity contribution in [1.29, 1.82) is 0 Å². The van der Waals surface area contributed by atoms with Crippen molar-refractivity contribution in [2.24, 2.45) is 5.92 Å². The molecular formula is C8H12F2O3. The van der Waals surface area contributed by atoms with Crippen LogP contribution in [0.4, 0.5) is 8.78 Å². The number of carbonyl (C=O) groups is 1. The van der Waals surface area contributed by atoms with Gasteiger partial charge in [0.05, 0.1) is 12.5 Å². The molecule has 2 unspecified atom stereocenters. The molecule has 1 saturated carbocycles. The average Bonchev–Trinajstić information content (AvgIpc) is 2.59. The van der Waals surface area contributed by atoms with Crippen LogP contribution in [-0.4, -0.2) is 29.7 Å². The minimum Gasteiger partial charge on any atom is -0.479 e. The van der Waals surface area contributed by atoms with Crippen LogP contribution in [0.15, 0.2) is 0 Å². The zero-order valence-corrected chi connectivity index (χ0v) is 7.30. The lowest BCUT2D eigenvalue weighted by atomic mass is 10.3. The first-order valence-corrected chi connectivity index (χ1v) is 4.19. The summed E-state index contributed by atoms with van der Waals surface area (Å²) in [6.45, 7) is 1.49. The molecule has 1 N–H and O–H groups in total. The minimum atomic E-state index is -2.63. The lowest BCUT2D eigenvalue weighted by molar-refractivity contribution is -0.151. The molecule has 0 heterocycles. The number of rotatable bonds is 5. The van der Waals surface area contributed by atoms with E-state index in [4.69, 9.17) is 9.84 Å². The summed E-state index contributed by atoms with van der Waals surface area (Å²) in [6, 6.07) is 0. The summed E-state index contributed by atoms with van der Waals surface area (Å²) < 4.78 is 29.5. The highest BCUT2D eigenvalue weighted by Crippen LogP contribution is 2.48. The number of ether oxygens (including phenoxy) is 1. The monoisotopic (exact) mass is 194 g/mol. The normalized spacial score (nSPS) is 26.8. The van der Waals surface area contributed by atoms with Gasteiger partial charge in [0.2, 0.25) is 0 Å². The van der Waals surface area contributed by atoms with Crippen LogP contribution in [0.5, 0.6) is 0 Å². The van der Waals surface area contributed by atoms with E-state index in [9.17, 15) is 13.6 Å². The third-order valence-electron chi connectivity index (χ3n) is 2.10. The van der Waals surface area contributed by atoms with Crippen LogP contribution < -0.4 is 0 Å². The van der Waals surface area contributed by atoms with Gasteiger partial charge in [-0.2, -0.15) is 0 Å². The lowest BCUT2D eigenvalue weighted by Crippen LogP contribution is -2.24. The zero-order chi connectivity index (χ0) is 10.1. The molecule has 0 saturated heterocycles. The van der Waals surface area contributed by atoms with E-state index in [1.165, 1.54) is 0 Å². The van der Waals surface area contributed by atoms with E-state index in [-0.39, 0.29) is 13.0 Å². The van der Waals surface area contributed by atoms with Gasteiger partial charge in [0.25, 0.3) is 5.92 Å². The van der Waals surface area contributed by atoms with Gasteiger partial charge in [-0.25, -0.2) is 13.6 Å². The Morgan fingerprint density at radius 2 is 2.31 bits per heavy atom. The van der Waals surface area contributed by atoms with Crippen LogP contribution in [0.25, 0.3) is 0 Å². The van der Waals surface area contributed by atoms with Crippen molar-refractivity contribution in [1.82, 2.24) is 0 Å². The lowest BCUT2D eigenvalue weighted by Gasteiger charge is -2.10. The Balaban J connectivity index is 2.22. The zero-order valence-electron chi connectivity index (χ0n) is 7.30. The molecule has 0 radical (unpaired) electrons. The van der Waals surface area contributed by atoms with Gasteiger partial charge in [0.15, 0.2) is 6.10 Å².